The predicted molar refractivity (Wildman–Crippen MR) is 122 cm³/mol. The number of benzene rings is 2. The van der Waals surface area contributed by atoms with Crippen LogP contribution in [-0.2, 0) is 9.53 Å². The molecule has 8 heteroatoms. The number of thiocarbonyl (C=S) groups is 1. The van der Waals surface area contributed by atoms with Crippen LogP contribution in [0.15, 0.2) is 48.5 Å². The van der Waals surface area contributed by atoms with Crippen LogP contribution in [0.25, 0.3) is 0 Å². The van der Waals surface area contributed by atoms with E-state index >= 15 is 0 Å². The van der Waals surface area contributed by atoms with Crippen LogP contribution >= 0.6 is 12.2 Å². The Morgan fingerprint density at radius 2 is 1.97 bits per heavy atom. The molecule has 2 aliphatic rings. The lowest BCUT2D eigenvalue weighted by molar-refractivity contribution is -0.149. The molecule has 2 aliphatic heterocycles. The van der Waals surface area contributed by atoms with Crippen LogP contribution in [-0.4, -0.2) is 49.0 Å². The molecule has 0 saturated carbocycles. The van der Waals surface area contributed by atoms with E-state index in [9.17, 15) is 4.79 Å². The second-order valence-corrected chi connectivity index (χ2v) is 8.20. The molecule has 0 aromatic heterocycles. The topological polar surface area (TPSA) is 72.1 Å². The third-order valence-corrected chi connectivity index (χ3v) is 6.25. The van der Waals surface area contributed by atoms with Crippen molar-refractivity contribution < 1.29 is 19.0 Å². The van der Waals surface area contributed by atoms with E-state index in [0.29, 0.717) is 24.0 Å². The van der Waals surface area contributed by atoms with Crippen LogP contribution in [0.3, 0.4) is 0 Å². The molecule has 2 bridgehead atoms. The Hall–Kier alpha value is -2.84. The first-order valence-electron chi connectivity index (χ1n) is 10.3. The second kappa shape index (κ2) is 8.72. The first-order chi connectivity index (χ1) is 15.0. The smallest absolute Gasteiger partial charge is 0.236 e. The summed E-state index contributed by atoms with van der Waals surface area (Å²) in [5.74, 6) is 0.820. The minimum atomic E-state index is -0.939. The van der Waals surface area contributed by atoms with Gasteiger partial charge in [0, 0.05) is 31.5 Å². The fourth-order valence-corrected chi connectivity index (χ4v) is 4.78. The van der Waals surface area contributed by atoms with Gasteiger partial charge in [-0.15, -0.1) is 0 Å². The van der Waals surface area contributed by atoms with Crippen molar-refractivity contribution in [1.29, 1.82) is 0 Å². The van der Waals surface area contributed by atoms with Crippen LogP contribution in [0.2, 0.25) is 0 Å². The van der Waals surface area contributed by atoms with Crippen LogP contribution in [0, 0.1) is 5.92 Å². The summed E-state index contributed by atoms with van der Waals surface area (Å²) in [7, 11) is 3.28. The molecule has 4 rings (SSSR count). The van der Waals surface area contributed by atoms with Crippen molar-refractivity contribution in [3.05, 3.63) is 54.1 Å². The quantitative estimate of drug-likeness (QED) is 0.504. The number of anilines is 1. The molecule has 1 amide bonds. The standard InChI is InChI=1S/C23H27N3O4S/c1-23-19(21(27)24-15-9-11-16(29-3)12-10-15)20(17-7-4-5-8-18(17)30-23)25-22(31)26(23)13-6-14-28-2/h4-5,7-12,19-20H,6,13-14H2,1-3H3,(H,24,27)(H,25,31)/t19-,20-,23+/m1/s1. The molecule has 1 fully saturated rings. The van der Waals surface area contributed by atoms with Crippen molar-refractivity contribution in [3.63, 3.8) is 0 Å². The molecule has 164 valence electrons. The summed E-state index contributed by atoms with van der Waals surface area (Å²) in [6.45, 7) is 3.14. The molecular weight excluding hydrogens is 414 g/mol. The van der Waals surface area contributed by atoms with Gasteiger partial charge in [-0.1, -0.05) is 18.2 Å². The molecular formula is C23H27N3O4S. The van der Waals surface area contributed by atoms with E-state index in [0.717, 1.165) is 23.5 Å². The Morgan fingerprint density at radius 1 is 1.23 bits per heavy atom. The molecule has 1 saturated heterocycles. The minimum Gasteiger partial charge on any atom is -0.497 e. The van der Waals surface area contributed by atoms with Gasteiger partial charge < -0.3 is 29.7 Å². The van der Waals surface area contributed by atoms with Crippen LogP contribution < -0.4 is 20.1 Å². The van der Waals surface area contributed by atoms with E-state index < -0.39 is 11.6 Å². The number of ether oxygens (including phenoxy) is 3. The monoisotopic (exact) mass is 441 g/mol. The van der Waals surface area contributed by atoms with Gasteiger partial charge in [0.2, 0.25) is 5.91 Å². The van der Waals surface area contributed by atoms with E-state index in [1.54, 1.807) is 14.2 Å². The Labute approximate surface area is 187 Å². The summed E-state index contributed by atoms with van der Waals surface area (Å²) < 4.78 is 16.9. The molecule has 2 aromatic rings. The summed E-state index contributed by atoms with van der Waals surface area (Å²) >= 11 is 5.68. The Balaban J connectivity index is 1.68. The van der Waals surface area contributed by atoms with Crippen LogP contribution in [0.4, 0.5) is 5.69 Å². The molecule has 2 heterocycles. The highest BCUT2D eigenvalue weighted by molar-refractivity contribution is 7.80. The van der Waals surface area contributed by atoms with Gasteiger partial charge in [-0.2, -0.15) is 0 Å². The number of hydrogen-bond acceptors (Lipinski definition) is 5. The largest absolute Gasteiger partial charge is 0.497 e. The number of rotatable bonds is 7. The fraction of sp³-hybridized carbons (Fsp3) is 0.391. The third kappa shape index (κ3) is 3.93. The lowest BCUT2D eigenvalue weighted by Crippen LogP contribution is -2.71. The highest BCUT2D eigenvalue weighted by Gasteiger charge is 2.58. The Kier molecular flexibility index (Phi) is 6.02. The van der Waals surface area contributed by atoms with Crippen molar-refractivity contribution in [2.75, 3.05) is 32.7 Å². The number of amides is 1. The highest BCUT2D eigenvalue weighted by atomic mass is 32.1. The molecule has 0 aliphatic carbocycles. The van der Waals surface area contributed by atoms with E-state index in [4.69, 9.17) is 26.4 Å². The molecule has 31 heavy (non-hydrogen) atoms. The zero-order valence-corrected chi connectivity index (χ0v) is 18.7. The van der Waals surface area contributed by atoms with E-state index in [1.807, 2.05) is 60.4 Å². The van der Waals surface area contributed by atoms with Crippen molar-refractivity contribution in [2.45, 2.75) is 25.1 Å². The SMILES string of the molecule is COCCCN1C(=S)N[C@@H]2c3ccccc3O[C@@]1(C)[C@H]2C(=O)Nc1ccc(OC)cc1. The number of hydrogen-bond donors (Lipinski definition) is 2. The number of nitrogens with one attached hydrogen (secondary N) is 2. The predicted octanol–water partition coefficient (Wildman–Crippen LogP) is 3.33. The molecule has 2 N–H and O–H groups in total. The van der Waals surface area contributed by atoms with Crippen molar-refractivity contribution in [3.8, 4) is 11.5 Å². The zero-order valence-electron chi connectivity index (χ0n) is 17.9. The van der Waals surface area contributed by atoms with Gasteiger partial charge in [-0.3, -0.25) is 4.79 Å². The van der Waals surface area contributed by atoms with Gasteiger partial charge in [0.15, 0.2) is 10.8 Å². The summed E-state index contributed by atoms with van der Waals surface area (Å²) in [6.07, 6.45) is 0.760. The fourth-order valence-electron chi connectivity index (χ4n) is 4.38. The first kappa shape index (κ1) is 21.4. The normalized spacial score (nSPS) is 24.0. The molecule has 0 unspecified atom stereocenters. The minimum absolute atomic E-state index is 0.140. The second-order valence-electron chi connectivity index (χ2n) is 7.82. The zero-order chi connectivity index (χ0) is 22.0. The summed E-state index contributed by atoms with van der Waals surface area (Å²) in [4.78, 5) is 15.5. The van der Waals surface area contributed by atoms with Gasteiger partial charge in [0.25, 0.3) is 0 Å². The van der Waals surface area contributed by atoms with Gasteiger partial charge in [0.1, 0.15) is 17.4 Å². The Bertz CT molecular complexity index is 968. The van der Waals surface area contributed by atoms with Gasteiger partial charge in [-0.05, 0) is 55.9 Å². The molecule has 2 aromatic carbocycles. The average molecular weight is 442 g/mol. The van der Waals surface area contributed by atoms with Crippen molar-refractivity contribution in [2.24, 2.45) is 5.92 Å². The summed E-state index contributed by atoms with van der Waals surface area (Å²) in [6, 6.07) is 14.8. The lowest BCUT2D eigenvalue weighted by Gasteiger charge is -2.56. The number of carbonyl (C=O) groups excluding carboxylic acids is 1. The first-order valence-corrected chi connectivity index (χ1v) is 10.7. The third-order valence-electron chi connectivity index (χ3n) is 5.91. The maximum absolute atomic E-state index is 13.6. The molecule has 3 atom stereocenters. The maximum Gasteiger partial charge on any atom is 0.236 e. The molecule has 0 spiro atoms. The van der Waals surface area contributed by atoms with Crippen LogP contribution in [0.1, 0.15) is 24.9 Å². The lowest BCUT2D eigenvalue weighted by atomic mass is 9.78. The number of carbonyl (C=O) groups is 1. The molecule has 7 nitrogen and oxygen atoms in total. The van der Waals surface area contributed by atoms with Gasteiger partial charge in [-0.25, -0.2) is 0 Å². The summed E-state index contributed by atoms with van der Waals surface area (Å²) in [5.41, 5.74) is 0.680. The number of para-hydroxylation sites is 1. The Morgan fingerprint density at radius 3 is 2.68 bits per heavy atom. The van der Waals surface area contributed by atoms with E-state index in [2.05, 4.69) is 10.6 Å². The van der Waals surface area contributed by atoms with E-state index in [1.165, 1.54) is 0 Å². The molecule has 0 radical (unpaired) electrons. The van der Waals surface area contributed by atoms with Gasteiger partial charge in [0.05, 0.1) is 13.2 Å². The van der Waals surface area contributed by atoms with Crippen molar-refractivity contribution in [1.82, 2.24) is 10.2 Å². The number of nitrogens with zero attached hydrogens (tertiary/aromatic N) is 1. The number of methoxy groups -OCH3 is 2. The highest BCUT2D eigenvalue weighted by Crippen LogP contribution is 2.48. The number of fused-ring (bicyclic) bond motifs is 4. The maximum atomic E-state index is 13.6. The summed E-state index contributed by atoms with van der Waals surface area (Å²) in [5, 5.41) is 7.01. The van der Waals surface area contributed by atoms with Gasteiger partial charge >= 0.3 is 0 Å². The van der Waals surface area contributed by atoms with Crippen LogP contribution in [0.5, 0.6) is 11.5 Å². The van der Waals surface area contributed by atoms with Crippen molar-refractivity contribution >= 4 is 28.9 Å². The average Bonchev–Trinajstić information content (AvgIpc) is 2.76. The van der Waals surface area contributed by atoms with E-state index in [-0.39, 0.29) is 11.9 Å².